The molecular weight excluding hydrogens is 1020 g/mol. The average molecular weight is 1110 g/mol. The van der Waals surface area contributed by atoms with E-state index in [1.54, 1.807) is 14.2 Å². The van der Waals surface area contributed by atoms with Crippen LogP contribution < -0.4 is 18.9 Å². The van der Waals surface area contributed by atoms with Crippen LogP contribution in [0.15, 0.2) is 146 Å². The number of hydrogen-bond donors (Lipinski definition) is 0. The minimum atomic E-state index is -0.233. The largest absolute Gasteiger partial charge is 0.490 e. The Morgan fingerprint density at radius 1 is 0.410 bits per heavy atom. The maximum absolute atomic E-state index is 7.05. The molecule has 10 rings (SSSR count). The summed E-state index contributed by atoms with van der Waals surface area (Å²) in [6.45, 7) is 36.2. The number of aryl methyl sites for hydroxylation is 2. The van der Waals surface area contributed by atoms with E-state index in [0.717, 1.165) is 72.9 Å². The van der Waals surface area contributed by atoms with Crippen molar-refractivity contribution in [3.8, 4) is 62.1 Å². The first-order valence-corrected chi connectivity index (χ1v) is 29.7. The topological polar surface area (TPSA) is 60.3 Å². The van der Waals surface area contributed by atoms with Gasteiger partial charge in [-0.2, -0.15) is 0 Å². The minimum absolute atomic E-state index is 0.00594. The van der Waals surface area contributed by atoms with Gasteiger partial charge >= 0.3 is 0 Å². The normalized spacial score (nSPS) is 13.8. The van der Waals surface area contributed by atoms with Gasteiger partial charge in [0.05, 0.1) is 28.9 Å². The van der Waals surface area contributed by atoms with Crippen molar-refractivity contribution in [2.24, 2.45) is 0 Å². The zero-order chi connectivity index (χ0) is 59.5. The molecule has 0 spiro atoms. The number of ether oxygens (including phenoxy) is 6. The highest BCUT2D eigenvalue weighted by Crippen LogP contribution is 2.54. The van der Waals surface area contributed by atoms with Gasteiger partial charge in [-0.3, -0.25) is 0 Å². The van der Waals surface area contributed by atoms with Gasteiger partial charge in [0.2, 0.25) is 0 Å². The van der Waals surface area contributed by atoms with Gasteiger partial charge in [0, 0.05) is 65.1 Å². The number of para-hydroxylation sites is 2. The standard InChI is InChI=1S/C76H87NO6/c1-46-35-62(71(80-44-78-17)64(37-46)70-56-31-27-50(73(5,6)7)40-58(56)59-41-51(74(8,9)10)28-32-57(59)70)54-23-19-21-25-68(54)82-48(3)39-49(4)83-69-26-22-20-24-55(69)63-36-47(2)38-67(72(63)81-45-79-18)77-65-33-29-52(75(11,12)13)42-60(65)61-43-53(76(14,15)16)30-34-66(61)77/h19-38,40-43,48-49,70H,39,44-45H2,1-18H3/t48-,49-/m0/s1. The SMILES string of the molecule is COCOc1c(-c2ccccc2O[C@@H](C)C[C@H](C)Oc2ccccc2-c2cc(C)cc(-n3c4ccc(C(C)(C)C)cc4c4cc(C(C)(C)C)ccc43)c2OCOC)cc(C)cc1C1c2ccc(C(C)(C)C)cc2-c2cc(C(C)(C)C)ccc21. The number of methoxy groups -OCH3 is 2. The lowest BCUT2D eigenvalue weighted by Crippen LogP contribution is -2.23. The molecule has 0 saturated heterocycles. The lowest BCUT2D eigenvalue weighted by molar-refractivity contribution is 0.0507. The Hall–Kier alpha value is -7.32. The molecule has 8 aromatic carbocycles. The first-order valence-electron chi connectivity index (χ1n) is 29.7. The van der Waals surface area contributed by atoms with E-state index in [2.05, 4.69) is 249 Å². The molecule has 1 aromatic heterocycles. The van der Waals surface area contributed by atoms with E-state index >= 15 is 0 Å². The van der Waals surface area contributed by atoms with Crippen molar-refractivity contribution in [3.05, 3.63) is 196 Å². The van der Waals surface area contributed by atoms with Crippen LogP contribution in [0.25, 0.3) is 60.9 Å². The van der Waals surface area contributed by atoms with Gasteiger partial charge < -0.3 is 33.0 Å². The Kier molecular flexibility index (Phi) is 16.1. The summed E-state index contributed by atoms with van der Waals surface area (Å²) >= 11 is 0. The van der Waals surface area contributed by atoms with Crippen LogP contribution in [0, 0.1) is 13.8 Å². The van der Waals surface area contributed by atoms with Crippen molar-refractivity contribution in [2.75, 3.05) is 27.8 Å². The molecule has 0 unspecified atom stereocenters. The Labute approximate surface area is 494 Å². The predicted octanol–water partition coefficient (Wildman–Crippen LogP) is 19.7. The van der Waals surface area contributed by atoms with Gasteiger partial charge in [-0.15, -0.1) is 0 Å². The van der Waals surface area contributed by atoms with Crippen LogP contribution in [0.5, 0.6) is 23.0 Å². The second-order valence-corrected chi connectivity index (χ2v) is 27.4. The smallest absolute Gasteiger partial charge is 0.188 e. The number of rotatable bonds is 16. The van der Waals surface area contributed by atoms with E-state index in [0.29, 0.717) is 12.2 Å². The quantitative estimate of drug-likeness (QED) is 0.0899. The molecule has 432 valence electrons. The maximum atomic E-state index is 7.05. The Bertz CT molecular complexity index is 3730. The summed E-state index contributed by atoms with van der Waals surface area (Å²) in [5.41, 5.74) is 20.5. The molecule has 0 radical (unpaired) electrons. The molecule has 7 heteroatoms. The highest BCUT2D eigenvalue weighted by atomic mass is 16.7. The number of benzene rings is 8. The molecule has 7 nitrogen and oxygen atoms in total. The van der Waals surface area contributed by atoms with Crippen LogP contribution in [0.2, 0.25) is 0 Å². The van der Waals surface area contributed by atoms with Gasteiger partial charge in [-0.05, 0) is 160 Å². The van der Waals surface area contributed by atoms with Crippen LogP contribution in [0.4, 0.5) is 0 Å². The van der Waals surface area contributed by atoms with Crippen molar-refractivity contribution < 1.29 is 28.4 Å². The molecular formula is C76H87NO6. The summed E-state index contributed by atoms with van der Waals surface area (Å²) in [5.74, 6) is 2.96. The summed E-state index contributed by atoms with van der Waals surface area (Å²) in [6.07, 6.45) is 0.147. The fourth-order valence-electron chi connectivity index (χ4n) is 12.2. The zero-order valence-corrected chi connectivity index (χ0v) is 52.6. The number of nitrogens with zero attached hydrogens (tertiary/aromatic N) is 1. The third-order valence-electron chi connectivity index (χ3n) is 16.6. The zero-order valence-electron chi connectivity index (χ0n) is 52.6. The van der Waals surface area contributed by atoms with Crippen molar-refractivity contribution in [2.45, 2.75) is 157 Å². The third-order valence-corrected chi connectivity index (χ3v) is 16.6. The van der Waals surface area contributed by atoms with Gasteiger partial charge in [-0.25, -0.2) is 0 Å². The fraction of sp³-hybridized carbons (Fsp3) is 0.368. The first-order chi connectivity index (χ1) is 39.2. The van der Waals surface area contributed by atoms with Crippen molar-refractivity contribution in [3.63, 3.8) is 0 Å². The van der Waals surface area contributed by atoms with Crippen molar-refractivity contribution in [1.82, 2.24) is 4.57 Å². The van der Waals surface area contributed by atoms with Crippen LogP contribution >= 0.6 is 0 Å². The Morgan fingerprint density at radius 2 is 0.807 bits per heavy atom. The average Bonchev–Trinajstić information content (AvgIpc) is 2.37. The highest BCUT2D eigenvalue weighted by Gasteiger charge is 2.36. The van der Waals surface area contributed by atoms with Crippen LogP contribution in [0.3, 0.4) is 0 Å². The second kappa shape index (κ2) is 22.7. The molecule has 0 N–H and O–H groups in total. The lowest BCUT2D eigenvalue weighted by Gasteiger charge is -2.26. The highest BCUT2D eigenvalue weighted by molar-refractivity contribution is 6.10. The summed E-state index contributed by atoms with van der Waals surface area (Å²) in [5, 5.41) is 2.43. The molecule has 1 aliphatic carbocycles. The van der Waals surface area contributed by atoms with Crippen LogP contribution in [-0.4, -0.2) is 44.6 Å². The van der Waals surface area contributed by atoms with Crippen molar-refractivity contribution >= 4 is 21.8 Å². The van der Waals surface area contributed by atoms with Crippen molar-refractivity contribution in [1.29, 1.82) is 0 Å². The molecule has 1 heterocycles. The molecule has 0 amide bonds. The fourth-order valence-corrected chi connectivity index (χ4v) is 12.2. The Morgan fingerprint density at radius 3 is 1.25 bits per heavy atom. The van der Waals surface area contributed by atoms with E-state index in [1.807, 2.05) is 12.1 Å². The number of hydrogen-bond acceptors (Lipinski definition) is 6. The monoisotopic (exact) mass is 1110 g/mol. The van der Waals surface area contributed by atoms with Crippen LogP contribution in [0.1, 0.15) is 159 Å². The van der Waals surface area contributed by atoms with E-state index < -0.39 is 0 Å². The number of fused-ring (bicyclic) bond motifs is 6. The predicted molar refractivity (Wildman–Crippen MR) is 345 cm³/mol. The van der Waals surface area contributed by atoms with E-state index in [-0.39, 0.29) is 53.4 Å². The van der Waals surface area contributed by atoms with E-state index in [9.17, 15) is 0 Å². The molecule has 2 atom stereocenters. The first kappa shape index (κ1) is 58.9. The molecule has 83 heavy (non-hydrogen) atoms. The Balaban J connectivity index is 0.987. The second-order valence-electron chi connectivity index (χ2n) is 27.4. The summed E-state index contributed by atoms with van der Waals surface area (Å²) in [6, 6.07) is 53.6. The minimum Gasteiger partial charge on any atom is -0.490 e. The van der Waals surface area contributed by atoms with Crippen LogP contribution in [-0.2, 0) is 31.1 Å². The van der Waals surface area contributed by atoms with Gasteiger partial charge in [-0.1, -0.05) is 174 Å². The molecule has 1 aliphatic rings. The lowest BCUT2D eigenvalue weighted by atomic mass is 9.82. The summed E-state index contributed by atoms with van der Waals surface area (Å²) in [4.78, 5) is 0. The third kappa shape index (κ3) is 11.8. The molecule has 0 bridgehead atoms. The summed E-state index contributed by atoms with van der Waals surface area (Å²) < 4.78 is 41.3. The molecule has 9 aromatic rings. The van der Waals surface area contributed by atoms with E-state index in [1.165, 1.54) is 55.3 Å². The van der Waals surface area contributed by atoms with E-state index in [4.69, 9.17) is 28.4 Å². The molecule has 0 aliphatic heterocycles. The van der Waals surface area contributed by atoms with Gasteiger partial charge in [0.25, 0.3) is 0 Å². The summed E-state index contributed by atoms with van der Waals surface area (Å²) in [7, 11) is 3.35. The molecule has 0 saturated carbocycles. The number of aromatic nitrogens is 1. The maximum Gasteiger partial charge on any atom is 0.188 e. The van der Waals surface area contributed by atoms with Gasteiger partial charge in [0.1, 0.15) is 17.2 Å². The molecule has 0 fully saturated rings. The van der Waals surface area contributed by atoms with Gasteiger partial charge in [0.15, 0.2) is 19.3 Å².